The van der Waals surface area contributed by atoms with E-state index in [2.05, 4.69) is 10.2 Å². The molecule has 0 saturated heterocycles. The Morgan fingerprint density at radius 3 is 2.37 bits per heavy atom. The van der Waals surface area contributed by atoms with Gasteiger partial charge >= 0.3 is 0 Å². The Morgan fingerprint density at radius 2 is 1.59 bits per heavy atom. The van der Waals surface area contributed by atoms with Crippen LogP contribution < -0.4 is 0 Å². The molecular formula is C22H15F3N2. The number of nitrogens with zero attached hydrogens (tertiary/aromatic N) is 1. The molecule has 0 atom stereocenters. The third-order valence-corrected chi connectivity index (χ3v) is 4.31. The number of nitrogens with one attached hydrogen (secondary N) is 1. The fraction of sp³-hybridized carbons (Fsp3) is 0.0455. The fourth-order valence-corrected chi connectivity index (χ4v) is 3.05. The first-order chi connectivity index (χ1) is 13.1. The topological polar surface area (TPSA) is 28.7 Å². The first-order valence-electron chi connectivity index (χ1n) is 8.43. The monoisotopic (exact) mass is 364 g/mol. The summed E-state index contributed by atoms with van der Waals surface area (Å²) in [4.78, 5) is 0. The zero-order valence-electron chi connectivity index (χ0n) is 14.2. The maximum Gasteiger partial charge on any atom is 0.130 e. The van der Waals surface area contributed by atoms with Crippen LogP contribution in [0.25, 0.3) is 23.1 Å². The Balaban J connectivity index is 1.66. The lowest BCUT2D eigenvalue weighted by molar-refractivity contribution is 0.580. The van der Waals surface area contributed by atoms with Gasteiger partial charge in [0.1, 0.15) is 17.5 Å². The predicted molar refractivity (Wildman–Crippen MR) is 101 cm³/mol. The molecule has 0 aliphatic carbocycles. The van der Waals surface area contributed by atoms with Crippen LogP contribution in [0.5, 0.6) is 0 Å². The summed E-state index contributed by atoms with van der Waals surface area (Å²) in [6, 6.07) is 15.6. The van der Waals surface area contributed by atoms with Crippen molar-refractivity contribution in [2.45, 2.75) is 6.42 Å². The highest BCUT2D eigenvalue weighted by molar-refractivity contribution is 5.89. The Morgan fingerprint density at radius 1 is 0.815 bits per heavy atom. The molecule has 3 aromatic carbocycles. The van der Waals surface area contributed by atoms with Gasteiger partial charge in [0.05, 0.1) is 11.2 Å². The molecule has 0 saturated carbocycles. The quantitative estimate of drug-likeness (QED) is 0.491. The van der Waals surface area contributed by atoms with Crippen molar-refractivity contribution >= 4 is 23.1 Å². The number of H-pyrrole nitrogens is 1. The molecule has 0 fully saturated rings. The lowest BCUT2D eigenvalue weighted by Gasteiger charge is -2.03. The summed E-state index contributed by atoms with van der Waals surface area (Å²) >= 11 is 0. The van der Waals surface area contributed by atoms with Gasteiger partial charge in [-0.2, -0.15) is 5.10 Å². The van der Waals surface area contributed by atoms with Gasteiger partial charge in [0, 0.05) is 17.0 Å². The van der Waals surface area contributed by atoms with Crippen molar-refractivity contribution in [3.63, 3.8) is 0 Å². The maximum atomic E-state index is 13.8. The van der Waals surface area contributed by atoms with E-state index in [0.29, 0.717) is 17.5 Å². The Kier molecular flexibility index (Phi) is 4.50. The largest absolute Gasteiger partial charge is 0.277 e. The molecule has 5 heteroatoms. The van der Waals surface area contributed by atoms with Gasteiger partial charge < -0.3 is 0 Å². The second-order valence-corrected chi connectivity index (χ2v) is 6.30. The average Bonchev–Trinajstić information content (AvgIpc) is 3.02. The van der Waals surface area contributed by atoms with E-state index < -0.39 is 11.6 Å². The molecule has 134 valence electrons. The normalized spacial score (nSPS) is 11.5. The summed E-state index contributed by atoms with van der Waals surface area (Å²) < 4.78 is 40.6. The summed E-state index contributed by atoms with van der Waals surface area (Å²) in [5, 5.41) is 8.03. The van der Waals surface area contributed by atoms with Crippen LogP contribution in [-0.2, 0) is 6.42 Å². The summed E-state index contributed by atoms with van der Waals surface area (Å²) in [5.74, 6) is -1.49. The number of aromatic amines is 1. The molecule has 4 aromatic rings. The predicted octanol–water partition coefficient (Wildman–Crippen LogP) is 5.74. The minimum Gasteiger partial charge on any atom is -0.277 e. The van der Waals surface area contributed by atoms with Gasteiger partial charge in [-0.3, -0.25) is 5.10 Å². The fourth-order valence-electron chi connectivity index (χ4n) is 3.05. The molecule has 0 amide bonds. The molecule has 0 bridgehead atoms. The van der Waals surface area contributed by atoms with Gasteiger partial charge in [-0.05, 0) is 60.0 Å². The van der Waals surface area contributed by atoms with Crippen LogP contribution in [-0.4, -0.2) is 10.2 Å². The van der Waals surface area contributed by atoms with Crippen molar-refractivity contribution in [3.05, 3.63) is 100 Å². The van der Waals surface area contributed by atoms with Gasteiger partial charge in [0.25, 0.3) is 0 Å². The standard InChI is InChI=1S/C22H15F3N2/c23-17-10-15(11-18(24)13-17)9-14-5-7-21-19(12-14)22(27-26-21)8-6-16-3-1-2-4-20(16)25/h1-8,10-13H,9H2,(H,26,27). The summed E-state index contributed by atoms with van der Waals surface area (Å²) in [6.45, 7) is 0. The number of aromatic nitrogens is 2. The molecule has 1 aromatic heterocycles. The van der Waals surface area contributed by atoms with Crippen molar-refractivity contribution in [2.24, 2.45) is 0 Å². The first kappa shape index (κ1) is 17.1. The summed E-state index contributed by atoms with van der Waals surface area (Å²) in [6.07, 6.45) is 3.84. The van der Waals surface area contributed by atoms with Crippen molar-refractivity contribution in [3.8, 4) is 0 Å². The third kappa shape index (κ3) is 3.77. The van der Waals surface area contributed by atoms with Crippen LogP contribution in [0, 0.1) is 17.5 Å². The lowest BCUT2D eigenvalue weighted by Crippen LogP contribution is -1.91. The summed E-state index contributed by atoms with van der Waals surface area (Å²) in [7, 11) is 0. The molecule has 1 heterocycles. The molecule has 0 aliphatic heterocycles. The number of hydrogen-bond acceptors (Lipinski definition) is 1. The van der Waals surface area contributed by atoms with E-state index >= 15 is 0 Å². The van der Waals surface area contributed by atoms with E-state index in [9.17, 15) is 13.2 Å². The molecule has 0 spiro atoms. The molecule has 4 rings (SSSR count). The highest BCUT2D eigenvalue weighted by atomic mass is 19.1. The Hall–Kier alpha value is -3.34. The second-order valence-electron chi connectivity index (χ2n) is 6.30. The van der Waals surface area contributed by atoms with E-state index in [1.165, 1.54) is 18.2 Å². The Bertz CT molecular complexity index is 1130. The van der Waals surface area contributed by atoms with Gasteiger partial charge in [-0.15, -0.1) is 0 Å². The van der Waals surface area contributed by atoms with Crippen LogP contribution in [0.3, 0.4) is 0 Å². The van der Waals surface area contributed by atoms with E-state index in [1.807, 2.05) is 18.2 Å². The van der Waals surface area contributed by atoms with Crippen LogP contribution >= 0.6 is 0 Å². The third-order valence-electron chi connectivity index (χ3n) is 4.31. The number of halogens is 3. The first-order valence-corrected chi connectivity index (χ1v) is 8.43. The van der Waals surface area contributed by atoms with E-state index in [4.69, 9.17) is 0 Å². The summed E-state index contributed by atoms with van der Waals surface area (Å²) in [5.41, 5.74) is 3.43. The van der Waals surface area contributed by atoms with Crippen molar-refractivity contribution in [1.82, 2.24) is 10.2 Å². The molecule has 1 N–H and O–H groups in total. The van der Waals surface area contributed by atoms with E-state index in [0.717, 1.165) is 28.2 Å². The van der Waals surface area contributed by atoms with E-state index in [-0.39, 0.29) is 5.82 Å². The highest BCUT2D eigenvalue weighted by Crippen LogP contribution is 2.22. The lowest BCUT2D eigenvalue weighted by atomic mass is 10.0. The maximum absolute atomic E-state index is 13.8. The molecule has 27 heavy (non-hydrogen) atoms. The molecular weight excluding hydrogens is 349 g/mol. The minimum atomic E-state index is -0.595. The van der Waals surface area contributed by atoms with Gasteiger partial charge in [0.2, 0.25) is 0 Å². The number of benzene rings is 3. The zero-order chi connectivity index (χ0) is 18.8. The van der Waals surface area contributed by atoms with Crippen LogP contribution in [0.1, 0.15) is 22.4 Å². The minimum absolute atomic E-state index is 0.300. The van der Waals surface area contributed by atoms with Gasteiger partial charge in [0.15, 0.2) is 0 Å². The number of rotatable bonds is 4. The van der Waals surface area contributed by atoms with Crippen LogP contribution in [0.2, 0.25) is 0 Å². The number of fused-ring (bicyclic) bond motifs is 1. The van der Waals surface area contributed by atoms with Gasteiger partial charge in [-0.1, -0.05) is 24.3 Å². The smallest absolute Gasteiger partial charge is 0.130 e. The van der Waals surface area contributed by atoms with Crippen molar-refractivity contribution < 1.29 is 13.2 Å². The van der Waals surface area contributed by atoms with E-state index in [1.54, 1.807) is 30.4 Å². The second kappa shape index (κ2) is 7.11. The molecule has 0 radical (unpaired) electrons. The number of hydrogen-bond donors (Lipinski definition) is 1. The zero-order valence-corrected chi connectivity index (χ0v) is 14.2. The SMILES string of the molecule is Fc1cc(F)cc(Cc2ccc3n[nH]c(C=Cc4ccccc4F)c3c2)c1. The highest BCUT2D eigenvalue weighted by Gasteiger charge is 2.07. The average molecular weight is 364 g/mol. The molecule has 2 nitrogen and oxygen atoms in total. The van der Waals surface area contributed by atoms with Gasteiger partial charge in [-0.25, -0.2) is 13.2 Å². The van der Waals surface area contributed by atoms with Crippen molar-refractivity contribution in [2.75, 3.05) is 0 Å². The van der Waals surface area contributed by atoms with Crippen molar-refractivity contribution in [1.29, 1.82) is 0 Å². The van der Waals surface area contributed by atoms with Crippen LogP contribution in [0.15, 0.2) is 60.7 Å². The molecule has 0 aliphatic rings. The Labute approximate surface area is 154 Å². The van der Waals surface area contributed by atoms with Crippen LogP contribution in [0.4, 0.5) is 13.2 Å². The molecule has 0 unspecified atom stereocenters.